The summed E-state index contributed by atoms with van der Waals surface area (Å²) in [6, 6.07) is 6.98. The van der Waals surface area contributed by atoms with Gasteiger partial charge >= 0.3 is 0 Å². The van der Waals surface area contributed by atoms with E-state index in [1.54, 1.807) is 31.4 Å². The van der Waals surface area contributed by atoms with Crippen molar-refractivity contribution in [2.24, 2.45) is 4.40 Å². The van der Waals surface area contributed by atoms with Crippen LogP contribution in [0.3, 0.4) is 0 Å². The van der Waals surface area contributed by atoms with Crippen LogP contribution >= 0.6 is 33.4 Å². The largest absolute Gasteiger partial charge is 0.497 e. The number of nitrogens with zero attached hydrogens (tertiary/aromatic N) is 1. The number of hydrogen-bond donors (Lipinski definition) is 1. The summed E-state index contributed by atoms with van der Waals surface area (Å²) in [5.74, 6) is 0.479. The Hall–Kier alpha value is -1.31. The summed E-state index contributed by atoms with van der Waals surface area (Å²) in [5, 5.41) is 2.99. The number of ether oxygens (including phenoxy) is 2. The van der Waals surface area contributed by atoms with Gasteiger partial charge in [0.2, 0.25) is 5.76 Å². The second kappa shape index (κ2) is 6.92. The molecule has 0 atom stereocenters. The van der Waals surface area contributed by atoms with Gasteiger partial charge < -0.3 is 14.8 Å². The minimum absolute atomic E-state index is 0.143. The number of nitrogens with one attached hydrogen (secondary N) is 1. The molecule has 0 bridgehead atoms. The van der Waals surface area contributed by atoms with E-state index in [0.717, 1.165) is 0 Å². The van der Waals surface area contributed by atoms with E-state index < -0.39 is 0 Å². The Bertz CT molecular complexity index is 573. The number of halogens is 1. The smallest absolute Gasteiger partial charge is 0.292 e. The average molecular weight is 331 g/mol. The molecule has 20 heavy (non-hydrogen) atoms. The standard InChI is InChI=1S/C12H11ClN2O3S2/c1-17-8-5-3-7(4-6-8)14-12(16)9(18-2)10-11(13)15-20-19-10/h3-6H,1-2H3,(H,14,16)/b10-9+. The molecule has 5 nitrogen and oxygen atoms in total. The van der Waals surface area contributed by atoms with Gasteiger partial charge in [-0.15, -0.1) is 0 Å². The second-order valence-electron chi connectivity index (χ2n) is 3.58. The van der Waals surface area contributed by atoms with Crippen LogP contribution in [-0.4, -0.2) is 25.3 Å². The van der Waals surface area contributed by atoms with Gasteiger partial charge in [-0.25, -0.2) is 0 Å². The minimum Gasteiger partial charge on any atom is -0.497 e. The van der Waals surface area contributed by atoms with Crippen molar-refractivity contribution in [3.8, 4) is 5.75 Å². The Labute approximate surface area is 129 Å². The first kappa shape index (κ1) is 15.1. The van der Waals surface area contributed by atoms with Gasteiger partial charge in [0.1, 0.15) is 10.7 Å². The highest BCUT2D eigenvalue weighted by Crippen LogP contribution is 2.42. The van der Waals surface area contributed by atoms with Crippen molar-refractivity contribution in [3.63, 3.8) is 0 Å². The van der Waals surface area contributed by atoms with E-state index in [1.807, 2.05) is 0 Å². The molecule has 0 saturated carbocycles. The van der Waals surface area contributed by atoms with Crippen LogP contribution in [0.5, 0.6) is 5.75 Å². The molecule has 1 aromatic carbocycles. The topological polar surface area (TPSA) is 59.9 Å². The fourth-order valence-electron chi connectivity index (χ4n) is 1.45. The van der Waals surface area contributed by atoms with Crippen molar-refractivity contribution in [2.75, 3.05) is 19.5 Å². The Morgan fingerprint density at radius 3 is 2.50 bits per heavy atom. The third-order valence-corrected chi connectivity index (χ3v) is 4.70. The lowest BCUT2D eigenvalue weighted by Gasteiger charge is -2.10. The van der Waals surface area contributed by atoms with Gasteiger partial charge in [-0.3, -0.25) is 4.79 Å². The summed E-state index contributed by atoms with van der Waals surface area (Å²) >= 11 is 5.91. The van der Waals surface area contributed by atoms with Gasteiger partial charge in [0.05, 0.1) is 25.2 Å². The molecule has 0 aliphatic carbocycles. The maximum Gasteiger partial charge on any atom is 0.292 e. The van der Waals surface area contributed by atoms with Crippen LogP contribution in [0, 0.1) is 0 Å². The highest BCUT2D eigenvalue weighted by atomic mass is 35.5. The van der Waals surface area contributed by atoms with E-state index >= 15 is 0 Å². The maximum absolute atomic E-state index is 12.2. The first-order valence-corrected chi connectivity index (χ1v) is 7.95. The molecule has 8 heteroatoms. The first-order chi connectivity index (χ1) is 9.65. The fraction of sp³-hybridized carbons (Fsp3) is 0.167. The molecule has 0 saturated heterocycles. The number of anilines is 1. The molecule has 1 amide bonds. The fourth-order valence-corrected chi connectivity index (χ4v) is 3.73. The predicted octanol–water partition coefficient (Wildman–Crippen LogP) is 3.44. The average Bonchev–Trinajstić information content (AvgIpc) is 2.87. The van der Waals surface area contributed by atoms with Crippen LogP contribution in [0.25, 0.3) is 0 Å². The summed E-state index contributed by atoms with van der Waals surface area (Å²) in [5.41, 5.74) is 0.634. The Morgan fingerprint density at radius 2 is 2.00 bits per heavy atom. The number of amides is 1. The van der Waals surface area contributed by atoms with Gasteiger partial charge in [-0.05, 0) is 35.1 Å². The Balaban J connectivity index is 2.15. The van der Waals surface area contributed by atoms with E-state index in [-0.39, 0.29) is 16.8 Å². The lowest BCUT2D eigenvalue weighted by molar-refractivity contribution is -0.115. The molecule has 2 rings (SSSR count). The van der Waals surface area contributed by atoms with Crippen LogP contribution in [0.1, 0.15) is 0 Å². The van der Waals surface area contributed by atoms with Crippen molar-refractivity contribution in [3.05, 3.63) is 34.9 Å². The molecule has 0 radical (unpaired) electrons. The summed E-state index contributed by atoms with van der Waals surface area (Å²) in [6.45, 7) is 0. The lowest BCUT2D eigenvalue weighted by Crippen LogP contribution is -2.17. The molecule has 1 aliphatic rings. The maximum atomic E-state index is 12.2. The van der Waals surface area contributed by atoms with E-state index in [9.17, 15) is 4.79 Å². The van der Waals surface area contributed by atoms with Crippen LogP contribution < -0.4 is 10.1 Å². The monoisotopic (exact) mass is 330 g/mol. The second-order valence-corrected chi connectivity index (χ2v) is 5.80. The minimum atomic E-state index is -0.379. The van der Waals surface area contributed by atoms with Crippen molar-refractivity contribution in [1.29, 1.82) is 0 Å². The molecule has 0 unspecified atom stereocenters. The van der Waals surface area contributed by atoms with Gasteiger partial charge in [0.15, 0.2) is 5.17 Å². The molecular weight excluding hydrogens is 320 g/mol. The zero-order chi connectivity index (χ0) is 14.5. The number of benzene rings is 1. The molecule has 106 valence electrons. The number of hydrogen-bond acceptors (Lipinski definition) is 6. The summed E-state index contributed by atoms with van der Waals surface area (Å²) in [7, 11) is 5.48. The number of carbonyl (C=O) groups is 1. The van der Waals surface area contributed by atoms with Crippen molar-refractivity contribution >= 4 is 50.1 Å². The third kappa shape index (κ3) is 3.41. The van der Waals surface area contributed by atoms with Crippen LogP contribution in [0.15, 0.2) is 39.3 Å². The first-order valence-electron chi connectivity index (χ1n) is 5.47. The van der Waals surface area contributed by atoms with Gasteiger partial charge in [0, 0.05) is 5.69 Å². The van der Waals surface area contributed by atoms with E-state index in [2.05, 4.69) is 9.71 Å². The molecule has 0 fully saturated rings. The zero-order valence-electron chi connectivity index (χ0n) is 10.7. The SMILES string of the molecule is CO/C(C(=O)Nc1ccc(OC)cc1)=C1/SSN=C1Cl. The highest BCUT2D eigenvalue weighted by Gasteiger charge is 2.24. The predicted molar refractivity (Wildman–Crippen MR) is 84.1 cm³/mol. The number of methoxy groups -OCH3 is 2. The number of allylic oxidation sites excluding steroid dienone is 1. The van der Waals surface area contributed by atoms with E-state index in [4.69, 9.17) is 21.1 Å². The normalized spacial score (nSPS) is 16.4. The summed E-state index contributed by atoms with van der Waals surface area (Å²) < 4.78 is 14.1. The Morgan fingerprint density at radius 1 is 1.30 bits per heavy atom. The Kier molecular flexibility index (Phi) is 5.22. The zero-order valence-corrected chi connectivity index (χ0v) is 13.1. The van der Waals surface area contributed by atoms with E-state index in [0.29, 0.717) is 16.3 Å². The number of carbonyl (C=O) groups excluding carboxylic acids is 1. The van der Waals surface area contributed by atoms with Crippen LogP contribution in [-0.2, 0) is 9.53 Å². The molecule has 0 aromatic heterocycles. The summed E-state index contributed by atoms with van der Waals surface area (Å²) in [4.78, 5) is 12.7. The van der Waals surface area contributed by atoms with Crippen molar-refractivity contribution in [1.82, 2.24) is 0 Å². The molecule has 1 heterocycles. The molecule has 0 spiro atoms. The lowest BCUT2D eigenvalue weighted by atomic mass is 10.3. The van der Waals surface area contributed by atoms with Gasteiger partial charge in [-0.1, -0.05) is 11.6 Å². The quantitative estimate of drug-likeness (QED) is 0.396. The molecular formula is C12H11ClN2O3S2. The highest BCUT2D eigenvalue weighted by molar-refractivity contribution is 8.78. The summed E-state index contributed by atoms with van der Waals surface area (Å²) in [6.07, 6.45) is 0. The van der Waals surface area contributed by atoms with Gasteiger partial charge in [0.25, 0.3) is 5.91 Å². The van der Waals surface area contributed by atoms with Crippen LogP contribution in [0.2, 0.25) is 0 Å². The van der Waals surface area contributed by atoms with E-state index in [1.165, 1.54) is 28.9 Å². The molecule has 1 aromatic rings. The van der Waals surface area contributed by atoms with Crippen molar-refractivity contribution < 1.29 is 14.3 Å². The molecule has 1 aliphatic heterocycles. The van der Waals surface area contributed by atoms with Gasteiger partial charge in [-0.2, -0.15) is 4.40 Å². The van der Waals surface area contributed by atoms with Crippen LogP contribution in [0.4, 0.5) is 5.69 Å². The van der Waals surface area contributed by atoms with Crippen molar-refractivity contribution in [2.45, 2.75) is 0 Å². The third-order valence-electron chi connectivity index (χ3n) is 2.39. The number of rotatable bonds is 4. The molecule has 1 N–H and O–H groups in total.